The monoisotopic (exact) mass is 416 g/mol. The zero-order valence-electron chi connectivity index (χ0n) is 16.8. The third kappa shape index (κ3) is 2.51. The number of ether oxygens (including phenoxy) is 2. The highest BCUT2D eigenvalue weighted by Crippen LogP contribution is 2.69. The number of fused-ring (bicyclic) bond motifs is 2. The number of thiophene rings is 1. The molecule has 2 aromatic heterocycles. The SMILES string of the molecule is C1=C[C@H]2[C@@H](CNCc3cc4cc5c(cc4nc3-c3ccsc3)OCO5)C[C@H]1C21CC1. The van der Waals surface area contributed by atoms with Gasteiger partial charge in [-0.05, 0) is 78.1 Å². The van der Waals surface area contributed by atoms with Gasteiger partial charge in [-0.2, -0.15) is 11.3 Å². The maximum atomic E-state index is 5.58. The Hall–Kier alpha value is -2.37. The first kappa shape index (κ1) is 17.3. The fourth-order valence-corrected chi connectivity index (χ4v) is 6.78. The van der Waals surface area contributed by atoms with Crippen molar-refractivity contribution < 1.29 is 9.47 Å². The van der Waals surface area contributed by atoms with Gasteiger partial charge in [0, 0.05) is 28.9 Å². The molecule has 0 radical (unpaired) electrons. The minimum Gasteiger partial charge on any atom is -0.454 e. The van der Waals surface area contributed by atoms with E-state index in [0.29, 0.717) is 5.41 Å². The van der Waals surface area contributed by atoms with E-state index in [1.807, 2.05) is 6.07 Å². The van der Waals surface area contributed by atoms with Crippen LogP contribution in [0.3, 0.4) is 0 Å². The molecule has 3 atom stereocenters. The molecule has 7 rings (SSSR count). The largest absolute Gasteiger partial charge is 0.454 e. The number of aromatic nitrogens is 1. The average Bonchev–Trinajstić information content (AvgIpc) is 3.10. The molecule has 1 spiro atoms. The molecule has 1 N–H and O–H groups in total. The summed E-state index contributed by atoms with van der Waals surface area (Å²) in [7, 11) is 0. The van der Waals surface area contributed by atoms with E-state index in [1.165, 1.54) is 30.4 Å². The Morgan fingerprint density at radius 1 is 1.13 bits per heavy atom. The van der Waals surface area contributed by atoms with Crippen molar-refractivity contribution in [1.29, 1.82) is 0 Å². The normalized spacial score (nSPS) is 26.9. The van der Waals surface area contributed by atoms with Gasteiger partial charge in [0.1, 0.15) is 0 Å². The second-order valence-corrected chi connectivity index (χ2v) is 10.1. The van der Waals surface area contributed by atoms with Gasteiger partial charge in [0.2, 0.25) is 6.79 Å². The van der Waals surface area contributed by atoms with Gasteiger partial charge >= 0.3 is 0 Å². The summed E-state index contributed by atoms with van der Waals surface area (Å²) in [6.45, 7) is 2.22. The van der Waals surface area contributed by atoms with Crippen LogP contribution in [0.25, 0.3) is 22.2 Å². The number of allylic oxidation sites excluding steroid dienone is 2. The molecule has 2 fully saturated rings. The van der Waals surface area contributed by atoms with Crippen LogP contribution in [0.5, 0.6) is 11.5 Å². The molecule has 3 aromatic rings. The lowest BCUT2D eigenvalue weighted by molar-refractivity contribution is 0.174. The lowest BCUT2D eigenvalue weighted by atomic mass is 9.89. The van der Waals surface area contributed by atoms with Crippen molar-refractivity contribution in [2.24, 2.45) is 23.2 Å². The van der Waals surface area contributed by atoms with Crippen LogP contribution in [0.2, 0.25) is 0 Å². The number of pyridine rings is 1. The molecule has 2 bridgehead atoms. The molecule has 3 heterocycles. The molecule has 30 heavy (non-hydrogen) atoms. The topological polar surface area (TPSA) is 43.4 Å². The lowest BCUT2D eigenvalue weighted by Crippen LogP contribution is -2.26. The number of hydrogen-bond acceptors (Lipinski definition) is 5. The predicted octanol–water partition coefficient (Wildman–Crippen LogP) is 5.38. The zero-order chi connectivity index (χ0) is 19.7. The third-order valence-electron chi connectivity index (χ3n) is 7.75. The quantitative estimate of drug-likeness (QED) is 0.567. The van der Waals surface area contributed by atoms with Crippen LogP contribution in [0.15, 0.2) is 47.2 Å². The van der Waals surface area contributed by atoms with Crippen LogP contribution in [-0.4, -0.2) is 18.3 Å². The highest BCUT2D eigenvalue weighted by atomic mass is 32.1. The van der Waals surface area contributed by atoms with Gasteiger partial charge in [-0.1, -0.05) is 12.2 Å². The molecule has 0 saturated heterocycles. The van der Waals surface area contributed by atoms with E-state index >= 15 is 0 Å². The molecule has 3 aliphatic carbocycles. The van der Waals surface area contributed by atoms with Crippen LogP contribution in [-0.2, 0) is 6.54 Å². The molecular formula is C25H24N2O2S. The molecule has 2 saturated carbocycles. The molecule has 152 valence electrons. The summed E-state index contributed by atoms with van der Waals surface area (Å²) in [5, 5.41) is 9.20. The van der Waals surface area contributed by atoms with Crippen molar-refractivity contribution in [3.05, 3.63) is 52.7 Å². The van der Waals surface area contributed by atoms with Crippen LogP contribution >= 0.6 is 11.3 Å². The average molecular weight is 417 g/mol. The Morgan fingerprint density at radius 3 is 2.83 bits per heavy atom. The first-order valence-corrected chi connectivity index (χ1v) is 11.9. The van der Waals surface area contributed by atoms with Gasteiger partial charge < -0.3 is 14.8 Å². The first-order chi connectivity index (χ1) is 14.8. The summed E-state index contributed by atoms with van der Waals surface area (Å²) in [5.41, 5.74) is 5.14. The summed E-state index contributed by atoms with van der Waals surface area (Å²) in [6, 6.07) is 8.49. The predicted molar refractivity (Wildman–Crippen MR) is 119 cm³/mol. The Kier molecular flexibility index (Phi) is 3.65. The third-order valence-corrected chi connectivity index (χ3v) is 8.43. The second kappa shape index (κ2) is 6.32. The van der Waals surface area contributed by atoms with Crippen molar-refractivity contribution in [2.45, 2.75) is 25.8 Å². The Bertz CT molecular complexity index is 1170. The van der Waals surface area contributed by atoms with E-state index in [1.54, 1.807) is 11.3 Å². The van der Waals surface area contributed by atoms with Gasteiger partial charge in [0.15, 0.2) is 11.5 Å². The van der Waals surface area contributed by atoms with Crippen molar-refractivity contribution in [2.75, 3.05) is 13.3 Å². The summed E-state index contributed by atoms with van der Waals surface area (Å²) >= 11 is 1.71. The summed E-state index contributed by atoms with van der Waals surface area (Å²) < 4.78 is 11.1. The van der Waals surface area contributed by atoms with Crippen molar-refractivity contribution in [1.82, 2.24) is 10.3 Å². The Morgan fingerprint density at radius 2 is 2.03 bits per heavy atom. The van der Waals surface area contributed by atoms with Gasteiger partial charge in [-0.3, -0.25) is 0 Å². The Balaban J connectivity index is 1.18. The highest BCUT2D eigenvalue weighted by molar-refractivity contribution is 7.08. The van der Waals surface area contributed by atoms with Crippen molar-refractivity contribution in [3.63, 3.8) is 0 Å². The number of benzene rings is 1. The molecule has 4 nitrogen and oxygen atoms in total. The smallest absolute Gasteiger partial charge is 0.231 e. The Labute approximate surface area is 179 Å². The van der Waals surface area contributed by atoms with E-state index in [-0.39, 0.29) is 6.79 Å². The minimum atomic E-state index is 0.289. The van der Waals surface area contributed by atoms with Crippen LogP contribution < -0.4 is 14.8 Å². The fourth-order valence-electron chi connectivity index (χ4n) is 6.14. The van der Waals surface area contributed by atoms with Gasteiger partial charge in [-0.25, -0.2) is 4.98 Å². The number of nitrogens with one attached hydrogen (secondary N) is 1. The lowest BCUT2D eigenvalue weighted by Gasteiger charge is -2.21. The number of nitrogens with zero attached hydrogens (tertiary/aromatic N) is 1. The van der Waals surface area contributed by atoms with E-state index < -0.39 is 0 Å². The number of rotatable bonds is 5. The molecule has 0 unspecified atom stereocenters. The first-order valence-electron chi connectivity index (χ1n) is 11.0. The van der Waals surface area contributed by atoms with E-state index in [2.05, 4.69) is 46.4 Å². The van der Waals surface area contributed by atoms with Crippen LogP contribution in [0, 0.1) is 23.2 Å². The van der Waals surface area contributed by atoms with Crippen molar-refractivity contribution >= 4 is 22.2 Å². The molecule has 5 heteroatoms. The highest BCUT2D eigenvalue weighted by Gasteiger charge is 2.62. The van der Waals surface area contributed by atoms with Crippen LogP contribution in [0.1, 0.15) is 24.8 Å². The molecule has 0 amide bonds. The van der Waals surface area contributed by atoms with Crippen LogP contribution in [0.4, 0.5) is 0 Å². The van der Waals surface area contributed by atoms with Crippen molar-refractivity contribution in [3.8, 4) is 22.8 Å². The molecule has 1 aromatic carbocycles. The minimum absolute atomic E-state index is 0.289. The molecule has 4 aliphatic rings. The van der Waals surface area contributed by atoms with E-state index in [0.717, 1.165) is 58.9 Å². The van der Waals surface area contributed by atoms with E-state index in [9.17, 15) is 0 Å². The summed E-state index contributed by atoms with van der Waals surface area (Å²) in [5.74, 6) is 4.04. The maximum absolute atomic E-state index is 5.58. The summed E-state index contributed by atoms with van der Waals surface area (Å²) in [4.78, 5) is 5.04. The summed E-state index contributed by atoms with van der Waals surface area (Å²) in [6.07, 6.45) is 9.27. The standard InChI is InChI=1S/C25H24N2O2S/c1-2-20-17(8-19(1)25(20)4-5-25)11-26-12-18-7-16-9-22-23(29-14-28-22)10-21(16)27-24(18)15-3-6-30-13-15/h1-3,6-7,9-10,13,17,19-20,26H,4-5,8,11-12,14H2/t17-,19+,20+/m1/s1. The van der Waals surface area contributed by atoms with Gasteiger partial charge in [0.25, 0.3) is 0 Å². The zero-order valence-corrected chi connectivity index (χ0v) is 17.6. The molecular weight excluding hydrogens is 392 g/mol. The van der Waals surface area contributed by atoms with Gasteiger partial charge in [-0.15, -0.1) is 0 Å². The van der Waals surface area contributed by atoms with E-state index in [4.69, 9.17) is 14.5 Å². The molecule has 1 aliphatic heterocycles. The number of hydrogen-bond donors (Lipinski definition) is 1. The van der Waals surface area contributed by atoms with Gasteiger partial charge in [0.05, 0.1) is 11.2 Å². The fraction of sp³-hybridized carbons (Fsp3) is 0.400. The maximum Gasteiger partial charge on any atom is 0.231 e. The second-order valence-electron chi connectivity index (χ2n) is 9.28.